The molecule has 0 amide bonds. The van der Waals surface area contributed by atoms with Crippen LogP contribution in [0, 0.1) is 29.2 Å². The van der Waals surface area contributed by atoms with E-state index < -0.39 is 52.4 Å². The Kier molecular flexibility index (Phi) is 15.7. The van der Waals surface area contributed by atoms with Crippen molar-refractivity contribution in [2.24, 2.45) is 5.92 Å². The quantitative estimate of drug-likeness (QED) is 0.0996. The first-order valence-electron chi connectivity index (χ1n) is 15.5. The second-order valence-electron chi connectivity index (χ2n) is 11.4. The highest BCUT2D eigenvalue weighted by molar-refractivity contribution is 5.35. The molecule has 0 saturated carbocycles. The van der Waals surface area contributed by atoms with E-state index in [4.69, 9.17) is 4.74 Å². The lowest BCUT2D eigenvalue weighted by Gasteiger charge is -2.20. The molecule has 0 aromatic heterocycles. The van der Waals surface area contributed by atoms with Gasteiger partial charge in [-0.05, 0) is 12.3 Å². The van der Waals surface area contributed by atoms with E-state index in [2.05, 4.69) is 18.6 Å². The van der Waals surface area contributed by atoms with Crippen LogP contribution in [0.1, 0.15) is 121 Å². The summed E-state index contributed by atoms with van der Waals surface area (Å²) >= 11 is 0. The van der Waals surface area contributed by atoms with Crippen molar-refractivity contribution in [1.29, 1.82) is 0 Å². The predicted molar refractivity (Wildman–Crippen MR) is 152 cm³/mol. The molecule has 0 heterocycles. The molecule has 1 unspecified atom stereocenters. The molecule has 0 radical (unpaired) electrons. The van der Waals surface area contributed by atoms with Gasteiger partial charge in [-0.25, -0.2) is 17.6 Å². The lowest BCUT2D eigenvalue weighted by atomic mass is 9.96. The molecule has 0 N–H and O–H groups in total. The highest BCUT2D eigenvalue weighted by atomic mass is 19.4. The topological polar surface area (TPSA) is 18.5 Å². The highest BCUT2D eigenvalue weighted by Crippen LogP contribution is 2.40. The first-order chi connectivity index (χ1) is 20.8. The number of hydrogen-bond donors (Lipinski definition) is 0. The van der Waals surface area contributed by atoms with Gasteiger partial charge >= 0.3 is 12.3 Å². The van der Waals surface area contributed by atoms with Crippen LogP contribution in [0.5, 0.6) is 11.5 Å². The summed E-state index contributed by atoms with van der Waals surface area (Å²) in [5.41, 5.74) is -4.20. The van der Waals surface area contributed by atoms with Crippen molar-refractivity contribution in [3.63, 3.8) is 0 Å². The summed E-state index contributed by atoms with van der Waals surface area (Å²) in [7, 11) is 0. The largest absolute Gasteiger partial charge is 0.493 e. The molecule has 0 aliphatic rings. The monoisotopic (exact) mass is 642 g/mol. The molecule has 0 fully saturated rings. The van der Waals surface area contributed by atoms with Crippen molar-refractivity contribution in [2.45, 2.75) is 122 Å². The zero-order chi connectivity index (χ0) is 32.8. The van der Waals surface area contributed by atoms with Crippen molar-refractivity contribution in [3.8, 4) is 11.5 Å². The first-order valence-corrected chi connectivity index (χ1v) is 15.5. The zero-order valence-corrected chi connectivity index (χ0v) is 25.4. The molecule has 2 rings (SSSR count). The normalized spacial score (nSPS) is 12.9. The summed E-state index contributed by atoms with van der Waals surface area (Å²) in [4.78, 5) is 0. The van der Waals surface area contributed by atoms with Crippen molar-refractivity contribution in [2.75, 3.05) is 6.61 Å². The Labute approximate surface area is 254 Å². The van der Waals surface area contributed by atoms with Gasteiger partial charge in [0.15, 0.2) is 0 Å². The van der Waals surface area contributed by atoms with Gasteiger partial charge in [-0.2, -0.15) is 22.0 Å². The van der Waals surface area contributed by atoms with Crippen LogP contribution in [0.15, 0.2) is 24.3 Å². The maximum Gasteiger partial charge on any atom is 0.432 e. The number of halogens is 9. The fourth-order valence-electron chi connectivity index (χ4n) is 5.08. The van der Waals surface area contributed by atoms with Crippen LogP contribution in [0.3, 0.4) is 0 Å². The van der Waals surface area contributed by atoms with E-state index in [1.807, 2.05) is 0 Å². The number of alkyl halides is 5. The maximum atomic E-state index is 14.5. The van der Waals surface area contributed by atoms with Crippen LogP contribution in [0.2, 0.25) is 0 Å². The number of ether oxygens (including phenoxy) is 2. The Morgan fingerprint density at radius 1 is 0.568 bits per heavy atom. The second kappa shape index (κ2) is 18.4. The molecular weight excluding hydrogens is 599 g/mol. The Balaban J connectivity index is 1.71. The number of benzene rings is 2. The molecule has 2 aromatic carbocycles. The molecule has 0 aliphatic heterocycles. The lowest BCUT2D eigenvalue weighted by Crippen LogP contribution is -2.25. The van der Waals surface area contributed by atoms with Gasteiger partial charge in [0.2, 0.25) is 0 Å². The van der Waals surface area contributed by atoms with Crippen LogP contribution in [-0.4, -0.2) is 6.61 Å². The highest BCUT2D eigenvalue weighted by Gasteiger charge is 2.43. The fraction of sp³-hybridized carbons (Fsp3) is 0.636. The van der Waals surface area contributed by atoms with E-state index in [0.29, 0.717) is 18.6 Å². The molecule has 0 bridgehead atoms. The predicted octanol–water partition coefficient (Wildman–Crippen LogP) is 12.3. The smallest absolute Gasteiger partial charge is 0.432 e. The Bertz CT molecular complexity index is 1090. The van der Waals surface area contributed by atoms with Crippen molar-refractivity contribution in [3.05, 3.63) is 58.7 Å². The molecule has 11 heteroatoms. The molecule has 0 spiro atoms. The van der Waals surface area contributed by atoms with Crippen molar-refractivity contribution >= 4 is 0 Å². The van der Waals surface area contributed by atoms with Gasteiger partial charge in [0.1, 0.15) is 45.9 Å². The van der Waals surface area contributed by atoms with Gasteiger partial charge in [0.25, 0.3) is 0 Å². The van der Waals surface area contributed by atoms with Crippen LogP contribution in [0.4, 0.5) is 39.5 Å². The summed E-state index contributed by atoms with van der Waals surface area (Å²) in [6.45, 7) is 4.63. The average Bonchev–Trinajstić information content (AvgIpc) is 2.89. The summed E-state index contributed by atoms with van der Waals surface area (Å²) in [6, 6.07) is 0.728. The van der Waals surface area contributed by atoms with Gasteiger partial charge in [0.05, 0.1) is 6.61 Å². The average molecular weight is 643 g/mol. The molecule has 0 aliphatic carbocycles. The third-order valence-corrected chi connectivity index (χ3v) is 7.51. The van der Waals surface area contributed by atoms with E-state index in [-0.39, 0.29) is 24.5 Å². The Morgan fingerprint density at radius 3 is 1.45 bits per heavy atom. The van der Waals surface area contributed by atoms with Gasteiger partial charge in [-0.15, -0.1) is 0 Å². The maximum absolute atomic E-state index is 14.5. The third kappa shape index (κ3) is 12.8. The van der Waals surface area contributed by atoms with E-state index in [0.717, 1.165) is 31.6 Å². The van der Waals surface area contributed by atoms with Crippen LogP contribution in [-0.2, 0) is 12.3 Å². The minimum atomic E-state index is -5.44. The zero-order valence-electron chi connectivity index (χ0n) is 25.4. The SMILES string of the molecule is CCCCCCCCCC(C)CCCCCCCCOc1cc(F)c(C(F)(F)Oc2cc(F)c(C(F)(F)F)c(F)c2)c(F)c1. The Hall–Kier alpha value is -2.59. The molecule has 250 valence electrons. The minimum absolute atomic E-state index is 0.102. The van der Waals surface area contributed by atoms with E-state index in [9.17, 15) is 39.5 Å². The minimum Gasteiger partial charge on any atom is -0.493 e. The molecule has 1 atom stereocenters. The van der Waals surface area contributed by atoms with Crippen LogP contribution in [0.25, 0.3) is 0 Å². The van der Waals surface area contributed by atoms with Crippen molar-refractivity contribution in [1.82, 2.24) is 0 Å². The third-order valence-electron chi connectivity index (χ3n) is 7.51. The summed E-state index contributed by atoms with van der Waals surface area (Å²) in [5.74, 6) is -8.99. The van der Waals surface area contributed by atoms with E-state index >= 15 is 0 Å². The van der Waals surface area contributed by atoms with E-state index in [1.165, 1.54) is 64.2 Å². The lowest BCUT2D eigenvalue weighted by molar-refractivity contribution is -0.189. The molecule has 2 nitrogen and oxygen atoms in total. The molecular formula is C33H43F9O2. The summed E-state index contributed by atoms with van der Waals surface area (Å²) in [6.07, 6.45) is 7.21. The molecule has 2 aromatic rings. The second-order valence-corrected chi connectivity index (χ2v) is 11.4. The van der Waals surface area contributed by atoms with Crippen LogP contribution < -0.4 is 9.47 Å². The van der Waals surface area contributed by atoms with E-state index in [1.54, 1.807) is 0 Å². The molecule has 0 saturated heterocycles. The molecule has 44 heavy (non-hydrogen) atoms. The standard InChI is InChI=1S/C33H43F9O2/c1-3-4-5-6-7-10-13-16-23(2)17-14-11-8-9-12-15-18-43-24-19-28(36)31(29(37)20-24)33(41,42)44-25-21-26(34)30(27(35)22-25)32(38,39)40/h19-23H,3-18H2,1-2H3. The fourth-order valence-corrected chi connectivity index (χ4v) is 5.08. The number of hydrogen-bond acceptors (Lipinski definition) is 2. The Morgan fingerprint density at radius 2 is 0.977 bits per heavy atom. The van der Waals surface area contributed by atoms with Gasteiger partial charge in [-0.3, -0.25) is 0 Å². The van der Waals surface area contributed by atoms with Gasteiger partial charge < -0.3 is 9.47 Å². The van der Waals surface area contributed by atoms with Gasteiger partial charge in [0, 0.05) is 24.3 Å². The summed E-state index contributed by atoms with van der Waals surface area (Å²) in [5, 5.41) is 0. The van der Waals surface area contributed by atoms with Crippen molar-refractivity contribution < 1.29 is 49.0 Å². The van der Waals surface area contributed by atoms with Gasteiger partial charge in [-0.1, -0.05) is 104 Å². The number of rotatable bonds is 21. The number of unbranched alkanes of at least 4 members (excludes halogenated alkanes) is 11. The first kappa shape index (κ1) is 37.6. The van der Waals surface area contributed by atoms with Crippen LogP contribution >= 0.6 is 0 Å². The summed E-state index contributed by atoms with van der Waals surface area (Å²) < 4.78 is 133.